The van der Waals surface area contributed by atoms with Gasteiger partial charge in [-0.25, -0.2) is 4.98 Å². The van der Waals surface area contributed by atoms with Crippen molar-refractivity contribution in [2.75, 3.05) is 19.6 Å². The molecule has 4 fully saturated rings. The van der Waals surface area contributed by atoms with Crippen LogP contribution in [-0.2, 0) is 11.2 Å². The minimum absolute atomic E-state index is 0.251. The van der Waals surface area contributed by atoms with Crippen molar-refractivity contribution in [3.8, 4) is 0 Å². The average molecular weight is 345 g/mol. The molecule has 2 heterocycles. The summed E-state index contributed by atoms with van der Waals surface area (Å²) in [4.78, 5) is 22.7. The van der Waals surface area contributed by atoms with Crippen molar-refractivity contribution >= 4 is 5.91 Å². The molecule has 1 aliphatic heterocycles. The first-order chi connectivity index (χ1) is 12.1. The lowest BCUT2D eigenvalue weighted by Gasteiger charge is -2.61. The zero-order chi connectivity index (χ0) is 17.4. The lowest BCUT2D eigenvalue weighted by atomic mass is 9.45. The molecule has 1 aromatic heterocycles. The third kappa shape index (κ3) is 3.23. The van der Waals surface area contributed by atoms with E-state index >= 15 is 0 Å². The SMILES string of the molecule is CC1(C)[C@@H]2CC[C@@H](CN(C(=O)Cc3ncc[nH]3)C3CCNCC3)[C@H]1C2. The highest BCUT2D eigenvalue weighted by Crippen LogP contribution is 2.61. The minimum atomic E-state index is 0.251. The van der Waals surface area contributed by atoms with Crippen molar-refractivity contribution < 1.29 is 4.79 Å². The van der Waals surface area contributed by atoms with Gasteiger partial charge in [0.15, 0.2) is 0 Å². The normalized spacial score (nSPS) is 31.4. The summed E-state index contributed by atoms with van der Waals surface area (Å²) in [5.41, 5.74) is 0.479. The number of H-pyrrole nitrogens is 1. The Morgan fingerprint density at radius 3 is 2.72 bits per heavy atom. The summed E-state index contributed by atoms with van der Waals surface area (Å²) in [5.74, 6) is 3.43. The standard InChI is InChI=1S/C20H32N4O/c1-20(2)15-4-3-14(17(20)11-15)13-24(16-5-7-21-8-6-16)19(25)12-18-22-9-10-23-18/h9-10,14-17,21H,3-8,11-13H2,1-2H3,(H,22,23)/t14-,15+,17+/m0/s1. The molecule has 138 valence electrons. The Morgan fingerprint density at radius 2 is 2.08 bits per heavy atom. The Kier molecular flexibility index (Phi) is 4.61. The molecule has 0 unspecified atom stereocenters. The van der Waals surface area contributed by atoms with Gasteiger partial charge in [0.25, 0.3) is 0 Å². The summed E-state index contributed by atoms with van der Waals surface area (Å²) >= 11 is 0. The van der Waals surface area contributed by atoms with Crippen molar-refractivity contribution in [2.24, 2.45) is 23.2 Å². The molecule has 2 N–H and O–H groups in total. The second-order valence-electron chi connectivity index (χ2n) is 8.94. The Balaban J connectivity index is 1.47. The van der Waals surface area contributed by atoms with E-state index in [-0.39, 0.29) is 5.91 Å². The molecule has 5 heteroatoms. The number of piperidine rings is 1. The Bertz CT molecular complexity index is 589. The third-order valence-electron chi connectivity index (χ3n) is 7.38. The molecule has 4 aliphatic rings. The first-order valence-corrected chi connectivity index (χ1v) is 10.0. The maximum atomic E-state index is 13.1. The largest absolute Gasteiger partial charge is 0.348 e. The smallest absolute Gasteiger partial charge is 0.230 e. The molecule has 3 atom stereocenters. The Labute approximate surface area is 151 Å². The molecule has 1 saturated heterocycles. The molecule has 3 aliphatic carbocycles. The highest BCUT2D eigenvalue weighted by molar-refractivity contribution is 5.78. The fourth-order valence-electron chi connectivity index (χ4n) is 5.65. The zero-order valence-corrected chi connectivity index (χ0v) is 15.6. The number of hydrogen-bond acceptors (Lipinski definition) is 3. The van der Waals surface area contributed by atoms with E-state index in [9.17, 15) is 4.79 Å². The zero-order valence-electron chi connectivity index (χ0n) is 15.6. The molecule has 0 radical (unpaired) electrons. The van der Waals surface area contributed by atoms with E-state index in [4.69, 9.17) is 0 Å². The van der Waals surface area contributed by atoms with Crippen LogP contribution in [0.1, 0.15) is 51.8 Å². The number of aromatic nitrogens is 2. The van der Waals surface area contributed by atoms with E-state index in [1.165, 1.54) is 19.3 Å². The quantitative estimate of drug-likeness (QED) is 0.863. The van der Waals surface area contributed by atoms with Gasteiger partial charge in [0.2, 0.25) is 5.91 Å². The predicted octanol–water partition coefficient (Wildman–Crippen LogP) is 2.61. The van der Waals surface area contributed by atoms with Crippen LogP contribution in [0.2, 0.25) is 0 Å². The fourth-order valence-corrected chi connectivity index (χ4v) is 5.65. The van der Waals surface area contributed by atoms with Crippen LogP contribution in [0.15, 0.2) is 12.4 Å². The van der Waals surface area contributed by atoms with E-state index in [0.29, 0.717) is 23.8 Å². The maximum Gasteiger partial charge on any atom is 0.230 e. The molecule has 2 bridgehead atoms. The van der Waals surface area contributed by atoms with Crippen LogP contribution in [0, 0.1) is 23.2 Å². The highest BCUT2D eigenvalue weighted by Gasteiger charge is 2.54. The minimum Gasteiger partial charge on any atom is -0.348 e. The maximum absolute atomic E-state index is 13.1. The summed E-state index contributed by atoms with van der Waals surface area (Å²) in [6.45, 7) is 7.88. The molecule has 5 nitrogen and oxygen atoms in total. The van der Waals surface area contributed by atoms with Crippen LogP contribution in [0.4, 0.5) is 0 Å². The number of nitrogens with one attached hydrogen (secondary N) is 2. The van der Waals surface area contributed by atoms with E-state index in [1.807, 2.05) is 0 Å². The lowest BCUT2D eigenvalue weighted by Crippen LogP contribution is -2.57. The molecule has 3 saturated carbocycles. The van der Waals surface area contributed by atoms with Gasteiger partial charge in [0, 0.05) is 25.0 Å². The van der Waals surface area contributed by atoms with E-state index in [0.717, 1.165) is 50.1 Å². The van der Waals surface area contributed by atoms with Crippen LogP contribution in [0.5, 0.6) is 0 Å². The van der Waals surface area contributed by atoms with E-state index in [1.54, 1.807) is 12.4 Å². The van der Waals surface area contributed by atoms with Gasteiger partial charge in [-0.2, -0.15) is 0 Å². The number of imidazole rings is 1. The molecule has 25 heavy (non-hydrogen) atoms. The van der Waals surface area contributed by atoms with Gasteiger partial charge in [-0.1, -0.05) is 13.8 Å². The van der Waals surface area contributed by atoms with Crippen LogP contribution >= 0.6 is 0 Å². The van der Waals surface area contributed by atoms with Crippen molar-refractivity contribution in [3.05, 3.63) is 18.2 Å². The van der Waals surface area contributed by atoms with Gasteiger partial charge in [-0.05, 0) is 68.4 Å². The number of rotatable bonds is 5. The second-order valence-corrected chi connectivity index (χ2v) is 8.94. The second kappa shape index (κ2) is 6.75. The Morgan fingerprint density at radius 1 is 1.28 bits per heavy atom. The van der Waals surface area contributed by atoms with Gasteiger partial charge in [0.1, 0.15) is 5.82 Å². The predicted molar refractivity (Wildman–Crippen MR) is 98.0 cm³/mol. The molecule has 5 rings (SSSR count). The van der Waals surface area contributed by atoms with E-state index in [2.05, 4.69) is 34.0 Å². The number of hydrogen-bond donors (Lipinski definition) is 2. The van der Waals surface area contributed by atoms with Crippen molar-refractivity contribution in [1.29, 1.82) is 0 Å². The lowest BCUT2D eigenvalue weighted by molar-refractivity contribution is -0.142. The molecular weight excluding hydrogens is 312 g/mol. The van der Waals surface area contributed by atoms with Gasteiger partial charge < -0.3 is 15.2 Å². The van der Waals surface area contributed by atoms with Crippen molar-refractivity contribution in [3.63, 3.8) is 0 Å². The summed E-state index contributed by atoms with van der Waals surface area (Å²) in [6, 6.07) is 0.393. The summed E-state index contributed by atoms with van der Waals surface area (Å²) in [5, 5.41) is 3.43. The molecule has 0 spiro atoms. The molecule has 0 aromatic carbocycles. The fraction of sp³-hybridized carbons (Fsp3) is 0.800. The number of aromatic amines is 1. The number of fused-ring (bicyclic) bond motifs is 2. The topological polar surface area (TPSA) is 61.0 Å². The number of amides is 1. The van der Waals surface area contributed by atoms with Crippen LogP contribution < -0.4 is 5.32 Å². The third-order valence-corrected chi connectivity index (χ3v) is 7.38. The molecule has 1 aromatic rings. The Hall–Kier alpha value is -1.36. The van der Waals surface area contributed by atoms with Gasteiger partial charge in [-0.15, -0.1) is 0 Å². The summed E-state index contributed by atoms with van der Waals surface area (Å²) < 4.78 is 0. The van der Waals surface area contributed by atoms with Crippen LogP contribution in [-0.4, -0.2) is 46.5 Å². The number of carbonyl (C=O) groups excluding carboxylic acids is 1. The van der Waals surface area contributed by atoms with Crippen molar-refractivity contribution in [1.82, 2.24) is 20.2 Å². The van der Waals surface area contributed by atoms with Crippen LogP contribution in [0.25, 0.3) is 0 Å². The van der Waals surface area contributed by atoms with E-state index < -0.39 is 0 Å². The molecule has 1 amide bonds. The summed E-state index contributed by atoms with van der Waals surface area (Å²) in [6.07, 6.45) is 10.1. The summed E-state index contributed by atoms with van der Waals surface area (Å²) in [7, 11) is 0. The van der Waals surface area contributed by atoms with Gasteiger partial charge in [0.05, 0.1) is 6.42 Å². The van der Waals surface area contributed by atoms with Gasteiger partial charge in [-0.3, -0.25) is 4.79 Å². The number of nitrogens with zero attached hydrogens (tertiary/aromatic N) is 2. The highest BCUT2D eigenvalue weighted by atomic mass is 16.2. The number of carbonyl (C=O) groups is 1. The van der Waals surface area contributed by atoms with Crippen LogP contribution in [0.3, 0.4) is 0 Å². The first kappa shape index (κ1) is 17.1. The molecular formula is C20H32N4O. The van der Waals surface area contributed by atoms with Crippen molar-refractivity contribution in [2.45, 2.75) is 58.4 Å². The average Bonchev–Trinajstić information content (AvgIpc) is 3.13. The first-order valence-electron chi connectivity index (χ1n) is 10.0. The van der Waals surface area contributed by atoms with Gasteiger partial charge >= 0.3 is 0 Å². The monoisotopic (exact) mass is 344 g/mol.